The Hall–Kier alpha value is -1.62. The summed E-state index contributed by atoms with van der Waals surface area (Å²) >= 11 is 0. The smallest absolute Gasteiger partial charge is 0.339 e. The van der Waals surface area contributed by atoms with Crippen LogP contribution in [0.3, 0.4) is 0 Å². The van der Waals surface area contributed by atoms with Crippen LogP contribution >= 0.6 is 0 Å². The zero-order valence-corrected chi connectivity index (χ0v) is 12.5. The second-order valence-electron chi connectivity index (χ2n) is 5.74. The van der Waals surface area contributed by atoms with Crippen molar-refractivity contribution in [1.82, 2.24) is 10.3 Å². The fourth-order valence-corrected chi connectivity index (χ4v) is 2.50. The highest BCUT2D eigenvalue weighted by molar-refractivity contribution is 5.90. The molecule has 0 unspecified atom stereocenters. The standard InChI is InChI=1S/C15H23N3O2/c1-11-12(14(19)20-3)4-5-13(18-11)17-10-15(2)6-8-16-9-7-15/h4-5,16H,6-10H2,1-3H3,(H,17,18). The van der Waals surface area contributed by atoms with Crippen molar-refractivity contribution >= 4 is 11.8 Å². The molecule has 0 spiro atoms. The highest BCUT2D eigenvalue weighted by Crippen LogP contribution is 2.28. The minimum absolute atomic E-state index is 0.307. The first-order valence-electron chi connectivity index (χ1n) is 7.05. The van der Waals surface area contributed by atoms with Gasteiger partial charge < -0.3 is 15.4 Å². The Morgan fingerprint density at radius 3 is 2.75 bits per heavy atom. The van der Waals surface area contributed by atoms with E-state index < -0.39 is 0 Å². The van der Waals surface area contributed by atoms with Crippen molar-refractivity contribution in [3.8, 4) is 0 Å². The monoisotopic (exact) mass is 277 g/mol. The van der Waals surface area contributed by atoms with Gasteiger partial charge in [0.25, 0.3) is 0 Å². The molecule has 2 heterocycles. The molecule has 20 heavy (non-hydrogen) atoms. The molecule has 2 rings (SSSR count). The van der Waals surface area contributed by atoms with E-state index in [-0.39, 0.29) is 5.97 Å². The first-order valence-corrected chi connectivity index (χ1v) is 7.05. The topological polar surface area (TPSA) is 63.2 Å². The molecule has 110 valence electrons. The normalized spacial score (nSPS) is 17.6. The highest BCUT2D eigenvalue weighted by atomic mass is 16.5. The zero-order chi connectivity index (χ0) is 14.6. The van der Waals surface area contributed by atoms with Gasteiger partial charge >= 0.3 is 5.97 Å². The highest BCUT2D eigenvalue weighted by Gasteiger charge is 2.26. The van der Waals surface area contributed by atoms with E-state index in [9.17, 15) is 4.79 Å². The lowest BCUT2D eigenvalue weighted by Gasteiger charge is -2.34. The minimum Gasteiger partial charge on any atom is -0.465 e. The summed E-state index contributed by atoms with van der Waals surface area (Å²) in [5, 5.41) is 6.77. The van der Waals surface area contributed by atoms with Crippen molar-refractivity contribution in [1.29, 1.82) is 0 Å². The molecular weight excluding hydrogens is 254 g/mol. The summed E-state index contributed by atoms with van der Waals surface area (Å²) in [6.45, 7) is 7.18. The van der Waals surface area contributed by atoms with Crippen LogP contribution in [-0.2, 0) is 4.74 Å². The molecule has 0 saturated carbocycles. The van der Waals surface area contributed by atoms with E-state index in [2.05, 4.69) is 22.5 Å². The molecular formula is C15H23N3O2. The summed E-state index contributed by atoms with van der Waals surface area (Å²) in [6, 6.07) is 3.60. The van der Waals surface area contributed by atoms with Crippen LogP contribution in [-0.4, -0.2) is 37.7 Å². The SMILES string of the molecule is COC(=O)c1ccc(NCC2(C)CCNCC2)nc1C. The number of piperidine rings is 1. The molecule has 0 amide bonds. The van der Waals surface area contributed by atoms with Crippen molar-refractivity contribution < 1.29 is 9.53 Å². The van der Waals surface area contributed by atoms with Gasteiger partial charge in [-0.2, -0.15) is 0 Å². The summed E-state index contributed by atoms with van der Waals surface area (Å²) in [6.07, 6.45) is 2.33. The van der Waals surface area contributed by atoms with Gasteiger partial charge in [0.15, 0.2) is 0 Å². The third-order valence-corrected chi connectivity index (χ3v) is 4.00. The molecule has 0 atom stereocenters. The molecule has 2 N–H and O–H groups in total. The molecule has 0 aliphatic carbocycles. The number of nitrogens with zero attached hydrogens (tertiary/aromatic N) is 1. The number of carbonyl (C=O) groups is 1. The van der Waals surface area contributed by atoms with E-state index in [1.54, 1.807) is 6.07 Å². The van der Waals surface area contributed by atoms with Gasteiger partial charge in [-0.3, -0.25) is 0 Å². The number of aromatic nitrogens is 1. The van der Waals surface area contributed by atoms with E-state index in [1.165, 1.54) is 20.0 Å². The third-order valence-electron chi connectivity index (χ3n) is 4.00. The molecule has 5 heteroatoms. The van der Waals surface area contributed by atoms with Crippen LogP contribution in [0.5, 0.6) is 0 Å². The number of aryl methyl sites for hydroxylation is 1. The van der Waals surface area contributed by atoms with Crippen LogP contribution < -0.4 is 10.6 Å². The lowest BCUT2D eigenvalue weighted by Crippen LogP contribution is -2.39. The fraction of sp³-hybridized carbons (Fsp3) is 0.600. The fourth-order valence-electron chi connectivity index (χ4n) is 2.50. The second-order valence-corrected chi connectivity index (χ2v) is 5.74. The average Bonchev–Trinajstić information content (AvgIpc) is 2.45. The zero-order valence-electron chi connectivity index (χ0n) is 12.5. The van der Waals surface area contributed by atoms with Crippen molar-refractivity contribution in [3.63, 3.8) is 0 Å². The van der Waals surface area contributed by atoms with Crippen molar-refractivity contribution in [2.24, 2.45) is 5.41 Å². The number of rotatable bonds is 4. The number of methoxy groups -OCH3 is 1. The number of nitrogens with one attached hydrogen (secondary N) is 2. The number of hydrogen-bond donors (Lipinski definition) is 2. The predicted octanol–water partition coefficient (Wildman–Crippen LogP) is 1.98. The van der Waals surface area contributed by atoms with Gasteiger partial charge in [0, 0.05) is 6.54 Å². The van der Waals surface area contributed by atoms with E-state index in [0.29, 0.717) is 16.7 Å². The molecule has 1 aliphatic heterocycles. The molecule has 5 nitrogen and oxygen atoms in total. The van der Waals surface area contributed by atoms with E-state index in [4.69, 9.17) is 4.74 Å². The number of esters is 1. The Balaban J connectivity index is 2.00. The van der Waals surface area contributed by atoms with Crippen LogP contribution in [0.2, 0.25) is 0 Å². The molecule has 0 radical (unpaired) electrons. The molecule has 0 bridgehead atoms. The lowest BCUT2D eigenvalue weighted by molar-refractivity contribution is 0.0599. The molecule has 1 aromatic rings. The van der Waals surface area contributed by atoms with Gasteiger partial charge in [0.05, 0.1) is 18.4 Å². The number of carbonyl (C=O) groups excluding carboxylic acids is 1. The Bertz CT molecular complexity index is 482. The van der Waals surface area contributed by atoms with Crippen LogP contribution in [0.15, 0.2) is 12.1 Å². The first-order chi connectivity index (χ1) is 9.54. The summed E-state index contributed by atoms with van der Waals surface area (Å²) in [5.41, 5.74) is 1.52. The number of ether oxygens (including phenoxy) is 1. The summed E-state index contributed by atoms with van der Waals surface area (Å²) in [5.74, 6) is 0.474. The summed E-state index contributed by atoms with van der Waals surface area (Å²) < 4.78 is 4.72. The van der Waals surface area contributed by atoms with E-state index >= 15 is 0 Å². The number of anilines is 1. The van der Waals surface area contributed by atoms with Gasteiger partial charge in [0.2, 0.25) is 0 Å². The van der Waals surface area contributed by atoms with Gasteiger partial charge in [-0.25, -0.2) is 9.78 Å². The summed E-state index contributed by atoms with van der Waals surface area (Å²) in [7, 11) is 1.38. The van der Waals surface area contributed by atoms with Crippen LogP contribution in [0.1, 0.15) is 35.8 Å². The van der Waals surface area contributed by atoms with E-state index in [0.717, 1.165) is 25.5 Å². The maximum absolute atomic E-state index is 11.5. The maximum atomic E-state index is 11.5. The van der Waals surface area contributed by atoms with Crippen LogP contribution in [0.4, 0.5) is 5.82 Å². The summed E-state index contributed by atoms with van der Waals surface area (Å²) in [4.78, 5) is 15.9. The third kappa shape index (κ3) is 3.48. The van der Waals surface area contributed by atoms with Gasteiger partial charge in [-0.1, -0.05) is 6.92 Å². The molecule has 1 fully saturated rings. The van der Waals surface area contributed by atoms with E-state index in [1.807, 2.05) is 13.0 Å². The molecule has 1 saturated heterocycles. The predicted molar refractivity (Wildman–Crippen MR) is 79.0 cm³/mol. The lowest BCUT2D eigenvalue weighted by atomic mass is 9.81. The largest absolute Gasteiger partial charge is 0.465 e. The minimum atomic E-state index is -0.341. The number of pyridine rings is 1. The molecule has 0 aromatic carbocycles. The Labute approximate surface area is 120 Å². The van der Waals surface area contributed by atoms with Crippen LogP contribution in [0, 0.1) is 12.3 Å². The van der Waals surface area contributed by atoms with Gasteiger partial charge in [0.1, 0.15) is 5.82 Å². The quantitative estimate of drug-likeness (QED) is 0.824. The maximum Gasteiger partial charge on any atom is 0.339 e. The average molecular weight is 277 g/mol. The van der Waals surface area contributed by atoms with Gasteiger partial charge in [-0.15, -0.1) is 0 Å². The molecule has 1 aliphatic rings. The number of hydrogen-bond acceptors (Lipinski definition) is 5. The first kappa shape index (κ1) is 14.8. The Morgan fingerprint density at radius 2 is 2.15 bits per heavy atom. The second kappa shape index (κ2) is 6.22. The Morgan fingerprint density at radius 1 is 1.45 bits per heavy atom. The molecule has 1 aromatic heterocycles. The van der Waals surface area contributed by atoms with Crippen molar-refractivity contribution in [2.75, 3.05) is 32.1 Å². The van der Waals surface area contributed by atoms with Crippen molar-refractivity contribution in [2.45, 2.75) is 26.7 Å². The van der Waals surface area contributed by atoms with Gasteiger partial charge in [-0.05, 0) is 50.4 Å². The van der Waals surface area contributed by atoms with Crippen molar-refractivity contribution in [3.05, 3.63) is 23.4 Å². The Kier molecular flexibility index (Phi) is 4.60. The van der Waals surface area contributed by atoms with Crippen LogP contribution in [0.25, 0.3) is 0 Å².